The third-order valence-corrected chi connectivity index (χ3v) is 5.84. The van der Waals surface area contributed by atoms with Crippen LogP contribution in [0.2, 0.25) is 0 Å². The summed E-state index contributed by atoms with van der Waals surface area (Å²) < 4.78 is 27.1. The van der Waals surface area contributed by atoms with E-state index in [1.54, 1.807) is 11.9 Å². The van der Waals surface area contributed by atoms with Crippen molar-refractivity contribution in [2.45, 2.75) is 38.5 Å². The molecule has 6 nitrogen and oxygen atoms in total. The molecule has 2 aliphatic heterocycles. The highest BCUT2D eigenvalue weighted by atomic mass is 19.1. The largest absolute Gasteiger partial charge is 0.338 e. The second-order valence-electron chi connectivity index (χ2n) is 8.11. The van der Waals surface area contributed by atoms with Crippen LogP contribution in [0, 0.1) is 18.6 Å². The third-order valence-electron chi connectivity index (χ3n) is 5.84. The average molecular weight is 400 g/mol. The van der Waals surface area contributed by atoms with Crippen molar-refractivity contribution in [3.05, 3.63) is 52.5 Å². The number of anilines is 1. The van der Waals surface area contributed by atoms with Crippen LogP contribution in [0.1, 0.15) is 47.2 Å². The first-order chi connectivity index (χ1) is 13.7. The number of aryl methyl sites for hydroxylation is 1. The molecule has 1 aromatic heterocycles. The Morgan fingerprint density at radius 3 is 2.55 bits per heavy atom. The summed E-state index contributed by atoms with van der Waals surface area (Å²) >= 11 is 0. The van der Waals surface area contributed by atoms with Crippen LogP contribution in [0.4, 0.5) is 14.6 Å². The van der Waals surface area contributed by atoms with Gasteiger partial charge in [0.25, 0.3) is 5.91 Å². The minimum absolute atomic E-state index is 0.0110. The van der Waals surface area contributed by atoms with Gasteiger partial charge in [0.1, 0.15) is 23.3 Å². The highest BCUT2D eigenvalue weighted by Crippen LogP contribution is 2.36. The van der Waals surface area contributed by atoms with Gasteiger partial charge in [0.05, 0.1) is 6.42 Å². The van der Waals surface area contributed by atoms with E-state index in [0.29, 0.717) is 37.6 Å². The molecule has 0 radical (unpaired) electrons. The molecule has 2 aliphatic rings. The standard InChI is InChI=1S/C21H22F2N4O2/c1-12-16-10-17(28)26(3)18(16)25-20(24-12)21(2)5-4-6-27(11-21)19(29)13-7-14(22)9-15(23)8-13/h7-9H,4-6,10-11H2,1-3H3/t21-/m0/s1. The van der Waals surface area contributed by atoms with Crippen molar-refractivity contribution in [1.82, 2.24) is 14.9 Å². The number of likely N-dealkylation sites (N-methyl/N-ethyl adjacent to an activating group) is 1. The van der Waals surface area contributed by atoms with Crippen LogP contribution in [-0.2, 0) is 16.6 Å². The summed E-state index contributed by atoms with van der Waals surface area (Å²) in [5.74, 6) is -0.794. The Labute approximate surface area is 167 Å². The van der Waals surface area contributed by atoms with Crippen LogP contribution in [0.15, 0.2) is 18.2 Å². The molecule has 2 amide bonds. The molecule has 0 bridgehead atoms. The molecule has 0 spiro atoms. The summed E-state index contributed by atoms with van der Waals surface area (Å²) in [7, 11) is 1.70. The normalized spacial score (nSPS) is 21.5. The predicted molar refractivity (Wildman–Crippen MR) is 103 cm³/mol. The summed E-state index contributed by atoms with van der Waals surface area (Å²) in [4.78, 5) is 37.4. The van der Waals surface area contributed by atoms with Crippen molar-refractivity contribution in [2.75, 3.05) is 25.0 Å². The second-order valence-corrected chi connectivity index (χ2v) is 8.11. The summed E-state index contributed by atoms with van der Waals surface area (Å²) in [5.41, 5.74) is 1.07. The van der Waals surface area contributed by atoms with Gasteiger partial charge >= 0.3 is 0 Å². The molecule has 0 saturated carbocycles. The SMILES string of the molecule is Cc1nc([C@@]2(C)CCCN(C(=O)c3cc(F)cc(F)c3)C2)nc2c1CC(=O)N2C. The molecule has 2 aromatic rings. The maximum Gasteiger partial charge on any atom is 0.254 e. The van der Waals surface area contributed by atoms with Crippen molar-refractivity contribution < 1.29 is 18.4 Å². The molecule has 1 fully saturated rings. The van der Waals surface area contributed by atoms with Crippen LogP contribution >= 0.6 is 0 Å². The summed E-state index contributed by atoms with van der Waals surface area (Å²) in [6.45, 7) is 4.67. The summed E-state index contributed by atoms with van der Waals surface area (Å²) in [6.07, 6.45) is 1.78. The second kappa shape index (κ2) is 6.86. The lowest BCUT2D eigenvalue weighted by atomic mass is 9.80. The van der Waals surface area contributed by atoms with Crippen LogP contribution < -0.4 is 4.90 Å². The first-order valence-corrected chi connectivity index (χ1v) is 9.58. The Morgan fingerprint density at radius 2 is 1.86 bits per heavy atom. The molecule has 1 saturated heterocycles. The molecular formula is C21H22F2N4O2. The average Bonchev–Trinajstić information content (AvgIpc) is 2.95. The van der Waals surface area contributed by atoms with Gasteiger partial charge in [0.2, 0.25) is 5.91 Å². The van der Waals surface area contributed by atoms with E-state index >= 15 is 0 Å². The van der Waals surface area contributed by atoms with Crippen molar-refractivity contribution in [3.8, 4) is 0 Å². The Kier molecular flexibility index (Phi) is 4.59. The lowest BCUT2D eigenvalue weighted by molar-refractivity contribution is -0.117. The lowest BCUT2D eigenvalue weighted by Gasteiger charge is -2.39. The summed E-state index contributed by atoms with van der Waals surface area (Å²) in [5, 5.41) is 0. The number of rotatable bonds is 2. The van der Waals surface area contributed by atoms with Gasteiger partial charge in [-0.05, 0) is 31.9 Å². The third kappa shape index (κ3) is 3.36. The molecule has 8 heteroatoms. The number of benzene rings is 1. The van der Waals surface area contributed by atoms with Crippen molar-refractivity contribution in [1.29, 1.82) is 0 Å². The van der Waals surface area contributed by atoms with E-state index in [-0.39, 0.29) is 11.5 Å². The van der Waals surface area contributed by atoms with Gasteiger partial charge < -0.3 is 4.90 Å². The van der Waals surface area contributed by atoms with Gasteiger partial charge in [0, 0.05) is 48.4 Å². The molecule has 0 unspecified atom stereocenters. The number of fused-ring (bicyclic) bond motifs is 1. The van der Waals surface area contributed by atoms with Crippen molar-refractivity contribution >= 4 is 17.6 Å². The molecule has 1 aromatic carbocycles. The summed E-state index contributed by atoms with van der Waals surface area (Å²) in [6, 6.07) is 2.85. The van der Waals surface area contributed by atoms with Crippen LogP contribution in [0.3, 0.4) is 0 Å². The molecular weight excluding hydrogens is 378 g/mol. The van der Waals surface area contributed by atoms with E-state index in [0.717, 1.165) is 35.9 Å². The Morgan fingerprint density at radius 1 is 1.17 bits per heavy atom. The van der Waals surface area contributed by atoms with Gasteiger partial charge in [-0.1, -0.05) is 6.92 Å². The van der Waals surface area contributed by atoms with Gasteiger partial charge in [-0.3, -0.25) is 14.5 Å². The number of amides is 2. The number of carbonyl (C=O) groups is 2. The van der Waals surface area contributed by atoms with E-state index < -0.39 is 23.0 Å². The number of aromatic nitrogens is 2. The van der Waals surface area contributed by atoms with Crippen molar-refractivity contribution in [3.63, 3.8) is 0 Å². The van der Waals surface area contributed by atoms with Gasteiger partial charge in [-0.2, -0.15) is 0 Å². The number of hydrogen-bond acceptors (Lipinski definition) is 4. The number of hydrogen-bond donors (Lipinski definition) is 0. The smallest absolute Gasteiger partial charge is 0.254 e. The quantitative estimate of drug-likeness (QED) is 0.778. The Hall–Kier alpha value is -2.90. The maximum atomic E-state index is 13.5. The highest BCUT2D eigenvalue weighted by Gasteiger charge is 2.39. The lowest BCUT2D eigenvalue weighted by Crippen LogP contribution is -2.48. The van der Waals surface area contributed by atoms with Gasteiger partial charge in [0.15, 0.2) is 0 Å². The zero-order valence-electron chi connectivity index (χ0n) is 16.6. The molecule has 0 N–H and O–H groups in total. The zero-order valence-corrected chi connectivity index (χ0v) is 16.6. The monoisotopic (exact) mass is 400 g/mol. The first kappa shape index (κ1) is 19.4. The molecule has 4 rings (SSSR count). The highest BCUT2D eigenvalue weighted by molar-refractivity contribution is 6.00. The van der Waals surface area contributed by atoms with E-state index in [1.807, 2.05) is 13.8 Å². The van der Waals surface area contributed by atoms with E-state index in [2.05, 4.69) is 9.97 Å². The minimum atomic E-state index is -0.779. The van der Waals surface area contributed by atoms with Gasteiger partial charge in [-0.15, -0.1) is 0 Å². The Balaban J connectivity index is 1.65. The fraction of sp³-hybridized carbons (Fsp3) is 0.429. The molecule has 152 valence electrons. The zero-order chi connectivity index (χ0) is 20.9. The van der Waals surface area contributed by atoms with Gasteiger partial charge in [-0.25, -0.2) is 18.7 Å². The fourth-order valence-corrected chi connectivity index (χ4v) is 4.18. The number of carbonyl (C=O) groups excluding carboxylic acids is 2. The topological polar surface area (TPSA) is 66.4 Å². The minimum Gasteiger partial charge on any atom is -0.338 e. The molecule has 3 heterocycles. The number of nitrogens with zero attached hydrogens (tertiary/aromatic N) is 4. The number of likely N-dealkylation sites (tertiary alicyclic amines) is 1. The predicted octanol–water partition coefficient (Wildman–Crippen LogP) is 2.78. The van der Waals surface area contributed by atoms with E-state index in [9.17, 15) is 18.4 Å². The van der Waals surface area contributed by atoms with E-state index in [1.165, 1.54) is 4.90 Å². The fourth-order valence-electron chi connectivity index (χ4n) is 4.18. The molecule has 29 heavy (non-hydrogen) atoms. The van der Waals surface area contributed by atoms with Crippen molar-refractivity contribution in [2.24, 2.45) is 0 Å². The number of halogens is 2. The van der Waals surface area contributed by atoms with Crippen LogP contribution in [-0.4, -0.2) is 46.8 Å². The Bertz CT molecular complexity index is 1010. The molecule has 1 atom stereocenters. The van der Waals surface area contributed by atoms with E-state index in [4.69, 9.17) is 0 Å². The first-order valence-electron chi connectivity index (χ1n) is 9.58. The maximum absolute atomic E-state index is 13.5. The molecule has 0 aliphatic carbocycles. The van der Waals surface area contributed by atoms with Crippen LogP contribution in [0.25, 0.3) is 0 Å². The van der Waals surface area contributed by atoms with Crippen LogP contribution in [0.5, 0.6) is 0 Å². The number of piperidine rings is 1.